The van der Waals surface area contributed by atoms with E-state index in [-0.39, 0.29) is 17.9 Å². The molecule has 2 amide bonds. The van der Waals surface area contributed by atoms with Crippen LogP contribution in [0.15, 0.2) is 78.9 Å². The molecule has 3 aromatic carbocycles. The van der Waals surface area contributed by atoms with Crippen molar-refractivity contribution in [1.82, 2.24) is 5.32 Å². The van der Waals surface area contributed by atoms with Gasteiger partial charge in [-0.05, 0) is 54.8 Å². The lowest BCUT2D eigenvalue weighted by molar-refractivity contribution is 0.0926. The molecular formula is C28H30N2O3. The van der Waals surface area contributed by atoms with Gasteiger partial charge in [0.1, 0.15) is 5.75 Å². The SMILES string of the molecule is O=C(Nc1cccc(C(=O)NC2CCCCC2)c1)c1cccc(OCCc2ccccc2)c1. The highest BCUT2D eigenvalue weighted by molar-refractivity contribution is 6.05. The van der Waals surface area contributed by atoms with Gasteiger partial charge in [-0.3, -0.25) is 9.59 Å². The second kappa shape index (κ2) is 11.3. The zero-order chi connectivity index (χ0) is 22.9. The Hall–Kier alpha value is -3.60. The second-order valence-corrected chi connectivity index (χ2v) is 8.46. The number of hydrogen-bond acceptors (Lipinski definition) is 3. The van der Waals surface area contributed by atoms with Crippen LogP contribution in [0.5, 0.6) is 5.75 Å². The highest BCUT2D eigenvalue weighted by Gasteiger charge is 2.17. The first-order chi connectivity index (χ1) is 16.2. The Kier molecular flexibility index (Phi) is 7.75. The summed E-state index contributed by atoms with van der Waals surface area (Å²) in [6.45, 7) is 0.535. The molecule has 0 aliphatic heterocycles. The molecule has 33 heavy (non-hydrogen) atoms. The third-order valence-electron chi connectivity index (χ3n) is 5.92. The van der Waals surface area contributed by atoms with Crippen LogP contribution in [0.1, 0.15) is 58.4 Å². The fourth-order valence-corrected chi connectivity index (χ4v) is 4.12. The van der Waals surface area contributed by atoms with Gasteiger partial charge < -0.3 is 15.4 Å². The van der Waals surface area contributed by atoms with Gasteiger partial charge in [0, 0.05) is 29.3 Å². The van der Waals surface area contributed by atoms with Crippen molar-refractivity contribution in [1.29, 1.82) is 0 Å². The van der Waals surface area contributed by atoms with E-state index in [1.807, 2.05) is 24.3 Å². The fraction of sp³-hybridized carbons (Fsp3) is 0.286. The van der Waals surface area contributed by atoms with Crippen molar-refractivity contribution in [3.05, 3.63) is 95.6 Å². The lowest BCUT2D eigenvalue weighted by Crippen LogP contribution is -2.36. The number of carbonyl (C=O) groups excluding carboxylic acids is 2. The van der Waals surface area contributed by atoms with Gasteiger partial charge in [0.05, 0.1) is 6.61 Å². The normalized spacial score (nSPS) is 13.8. The van der Waals surface area contributed by atoms with Gasteiger partial charge in [-0.1, -0.05) is 61.7 Å². The lowest BCUT2D eigenvalue weighted by atomic mass is 9.95. The number of nitrogens with one attached hydrogen (secondary N) is 2. The number of benzene rings is 3. The first kappa shape index (κ1) is 22.6. The zero-order valence-electron chi connectivity index (χ0n) is 18.8. The van der Waals surface area contributed by atoms with E-state index in [4.69, 9.17) is 4.74 Å². The molecule has 1 saturated carbocycles. The number of rotatable bonds is 8. The largest absolute Gasteiger partial charge is 0.493 e. The number of amides is 2. The molecular weight excluding hydrogens is 412 g/mol. The summed E-state index contributed by atoms with van der Waals surface area (Å²) in [6, 6.07) is 24.6. The van der Waals surface area contributed by atoms with Gasteiger partial charge in [-0.2, -0.15) is 0 Å². The molecule has 0 bridgehead atoms. The molecule has 1 fully saturated rings. The number of anilines is 1. The maximum atomic E-state index is 12.8. The van der Waals surface area contributed by atoms with Crippen LogP contribution in [0.4, 0.5) is 5.69 Å². The van der Waals surface area contributed by atoms with Crippen molar-refractivity contribution in [2.24, 2.45) is 0 Å². The van der Waals surface area contributed by atoms with Crippen LogP contribution in [0.3, 0.4) is 0 Å². The van der Waals surface area contributed by atoms with Crippen molar-refractivity contribution >= 4 is 17.5 Å². The molecule has 0 atom stereocenters. The summed E-state index contributed by atoms with van der Waals surface area (Å²) in [5, 5.41) is 6.01. The molecule has 1 aliphatic carbocycles. The fourth-order valence-electron chi connectivity index (χ4n) is 4.12. The molecule has 4 rings (SSSR count). The smallest absolute Gasteiger partial charge is 0.255 e. The Labute approximate surface area is 195 Å². The van der Waals surface area contributed by atoms with Crippen molar-refractivity contribution in [3.63, 3.8) is 0 Å². The van der Waals surface area contributed by atoms with E-state index in [1.54, 1.807) is 42.5 Å². The van der Waals surface area contributed by atoms with Gasteiger partial charge in [0.25, 0.3) is 11.8 Å². The summed E-state index contributed by atoms with van der Waals surface area (Å²) in [5.74, 6) is 0.319. The Balaban J connectivity index is 1.33. The van der Waals surface area contributed by atoms with Crippen LogP contribution >= 0.6 is 0 Å². The van der Waals surface area contributed by atoms with Crippen molar-refractivity contribution in [3.8, 4) is 5.75 Å². The minimum Gasteiger partial charge on any atom is -0.493 e. The molecule has 0 spiro atoms. The summed E-state index contributed by atoms with van der Waals surface area (Å²) in [7, 11) is 0. The molecule has 0 saturated heterocycles. The van der Waals surface area contributed by atoms with Crippen LogP contribution in [0.2, 0.25) is 0 Å². The first-order valence-corrected chi connectivity index (χ1v) is 11.7. The molecule has 0 unspecified atom stereocenters. The van der Waals surface area contributed by atoms with E-state index in [1.165, 1.54) is 12.0 Å². The van der Waals surface area contributed by atoms with E-state index in [0.717, 1.165) is 32.1 Å². The average Bonchev–Trinajstić information content (AvgIpc) is 2.86. The first-order valence-electron chi connectivity index (χ1n) is 11.7. The van der Waals surface area contributed by atoms with E-state index < -0.39 is 0 Å². The maximum absolute atomic E-state index is 12.8. The standard InChI is InChI=1S/C28H30N2O3/c31-27(29-24-13-5-2-6-14-24)22-11-7-15-25(19-22)30-28(32)23-12-8-16-26(20-23)33-18-17-21-9-3-1-4-10-21/h1,3-4,7-12,15-16,19-20,24H,2,5-6,13-14,17-18H2,(H,29,31)(H,30,32). The topological polar surface area (TPSA) is 67.4 Å². The number of hydrogen-bond donors (Lipinski definition) is 2. The van der Waals surface area contributed by atoms with E-state index in [2.05, 4.69) is 22.8 Å². The minimum atomic E-state index is -0.242. The monoisotopic (exact) mass is 442 g/mol. The van der Waals surface area contributed by atoms with Gasteiger partial charge in [-0.25, -0.2) is 0 Å². The third-order valence-corrected chi connectivity index (χ3v) is 5.92. The second-order valence-electron chi connectivity index (χ2n) is 8.46. The summed E-state index contributed by atoms with van der Waals surface area (Å²) < 4.78 is 5.84. The van der Waals surface area contributed by atoms with Gasteiger partial charge >= 0.3 is 0 Å². The van der Waals surface area contributed by atoms with Crippen LogP contribution < -0.4 is 15.4 Å². The molecule has 1 aliphatic rings. The van der Waals surface area contributed by atoms with E-state index >= 15 is 0 Å². The lowest BCUT2D eigenvalue weighted by Gasteiger charge is -2.22. The van der Waals surface area contributed by atoms with Gasteiger partial charge in [-0.15, -0.1) is 0 Å². The molecule has 5 nitrogen and oxygen atoms in total. The Morgan fingerprint density at radius 2 is 1.52 bits per heavy atom. The summed E-state index contributed by atoms with van der Waals surface area (Å²) in [4.78, 5) is 25.4. The molecule has 2 N–H and O–H groups in total. The van der Waals surface area contributed by atoms with Crippen molar-refractivity contribution in [2.75, 3.05) is 11.9 Å². The van der Waals surface area contributed by atoms with Crippen LogP contribution in [-0.4, -0.2) is 24.5 Å². The van der Waals surface area contributed by atoms with Crippen LogP contribution in [0.25, 0.3) is 0 Å². The Morgan fingerprint density at radius 3 is 2.30 bits per heavy atom. The predicted octanol–water partition coefficient (Wildman–Crippen LogP) is 5.62. The molecule has 0 aromatic heterocycles. The van der Waals surface area contributed by atoms with Crippen molar-refractivity contribution < 1.29 is 14.3 Å². The maximum Gasteiger partial charge on any atom is 0.255 e. The summed E-state index contributed by atoms with van der Waals surface area (Å²) in [6.07, 6.45) is 6.43. The quantitative estimate of drug-likeness (QED) is 0.476. The highest BCUT2D eigenvalue weighted by atomic mass is 16.5. The average molecular weight is 443 g/mol. The highest BCUT2D eigenvalue weighted by Crippen LogP contribution is 2.19. The number of ether oxygens (including phenoxy) is 1. The van der Waals surface area contributed by atoms with Gasteiger partial charge in [0.15, 0.2) is 0 Å². The van der Waals surface area contributed by atoms with Crippen LogP contribution in [-0.2, 0) is 6.42 Å². The molecule has 0 heterocycles. The number of carbonyl (C=O) groups is 2. The Morgan fingerprint density at radius 1 is 0.788 bits per heavy atom. The Bertz CT molecular complexity index is 1080. The van der Waals surface area contributed by atoms with E-state index in [0.29, 0.717) is 29.2 Å². The minimum absolute atomic E-state index is 0.0909. The molecule has 0 radical (unpaired) electrons. The zero-order valence-corrected chi connectivity index (χ0v) is 18.8. The molecule has 170 valence electrons. The molecule has 3 aromatic rings. The van der Waals surface area contributed by atoms with Gasteiger partial charge in [0.2, 0.25) is 0 Å². The molecule has 5 heteroatoms. The summed E-state index contributed by atoms with van der Waals surface area (Å²) >= 11 is 0. The van der Waals surface area contributed by atoms with E-state index in [9.17, 15) is 9.59 Å². The summed E-state index contributed by atoms with van der Waals surface area (Å²) in [5.41, 5.74) is 2.85. The van der Waals surface area contributed by atoms with Crippen molar-refractivity contribution in [2.45, 2.75) is 44.6 Å². The third kappa shape index (κ3) is 6.69. The predicted molar refractivity (Wildman–Crippen MR) is 131 cm³/mol. The van der Waals surface area contributed by atoms with Crippen LogP contribution in [0, 0.1) is 0 Å².